The van der Waals surface area contributed by atoms with Crippen molar-refractivity contribution in [3.8, 4) is 0 Å². The number of hydrogen-bond acceptors (Lipinski definition) is 0. The topological polar surface area (TPSA) is 0 Å². The summed E-state index contributed by atoms with van der Waals surface area (Å²) in [5.41, 5.74) is 0. The average Bonchev–Trinajstić information content (AvgIpc) is 2.19. The minimum atomic E-state index is 0.954. The van der Waals surface area contributed by atoms with Gasteiger partial charge in [0.15, 0.2) is 0 Å². The Bertz CT molecular complexity index is 91.2. The molecule has 0 aromatic carbocycles. The van der Waals surface area contributed by atoms with Crippen LogP contribution in [-0.4, -0.2) is 0 Å². The van der Waals surface area contributed by atoms with E-state index >= 15 is 0 Å². The van der Waals surface area contributed by atoms with Crippen molar-refractivity contribution >= 4 is 0 Å². The third-order valence-corrected chi connectivity index (χ3v) is 3.37. The highest BCUT2D eigenvalue weighted by Gasteiger charge is 2.14. The van der Waals surface area contributed by atoms with E-state index in [0.717, 1.165) is 18.3 Å². The molecule has 0 aromatic heterocycles. The minimum absolute atomic E-state index is 0.954. The predicted molar refractivity (Wildman–Crippen MR) is 70.9 cm³/mol. The maximum atomic E-state index is 4.01. The third-order valence-electron chi connectivity index (χ3n) is 3.37. The van der Waals surface area contributed by atoms with E-state index < -0.39 is 0 Å². The Balaban J connectivity index is 3.93. The van der Waals surface area contributed by atoms with E-state index in [-0.39, 0.29) is 0 Å². The molecule has 0 saturated carbocycles. The molecule has 1 unspecified atom stereocenters. The molecule has 0 amide bonds. The summed E-state index contributed by atoms with van der Waals surface area (Å²) in [4.78, 5) is 0. The largest absolute Gasteiger partial charge is 0.0654 e. The van der Waals surface area contributed by atoms with Crippen LogP contribution in [0.2, 0.25) is 0 Å². The van der Waals surface area contributed by atoms with E-state index in [9.17, 15) is 0 Å². The van der Waals surface area contributed by atoms with Crippen molar-refractivity contribution in [2.45, 2.75) is 78.6 Å². The molecule has 1 atom stereocenters. The highest BCUT2D eigenvalue weighted by atomic mass is 14.2. The van der Waals surface area contributed by atoms with Crippen LogP contribution >= 0.6 is 0 Å². The summed E-state index contributed by atoms with van der Waals surface area (Å²) in [6.45, 7) is 11.0. The van der Waals surface area contributed by atoms with Crippen LogP contribution in [0.15, 0.2) is 0 Å². The second-order valence-corrected chi connectivity index (χ2v) is 4.98. The zero-order valence-corrected chi connectivity index (χ0v) is 11.2. The smallest absolute Gasteiger partial charge is 0.0412 e. The Morgan fingerprint density at radius 2 is 1.13 bits per heavy atom. The van der Waals surface area contributed by atoms with Crippen LogP contribution in [0, 0.1) is 18.8 Å². The zero-order valence-electron chi connectivity index (χ0n) is 11.2. The summed E-state index contributed by atoms with van der Waals surface area (Å²) in [5.74, 6) is 1.94. The van der Waals surface area contributed by atoms with Gasteiger partial charge in [-0.3, -0.25) is 0 Å². The first kappa shape index (κ1) is 15.0. The van der Waals surface area contributed by atoms with E-state index in [0.29, 0.717) is 0 Å². The first-order valence-corrected chi connectivity index (χ1v) is 7.07. The molecule has 0 N–H and O–H groups in total. The van der Waals surface area contributed by atoms with Crippen LogP contribution < -0.4 is 0 Å². The second-order valence-electron chi connectivity index (χ2n) is 4.98. The predicted octanol–water partition coefficient (Wildman–Crippen LogP) is 5.62. The molecule has 1 radical (unpaired) electrons. The highest BCUT2D eigenvalue weighted by molar-refractivity contribution is 4.67. The van der Waals surface area contributed by atoms with Crippen LogP contribution in [-0.2, 0) is 0 Å². The van der Waals surface area contributed by atoms with Crippen LogP contribution in [0.3, 0.4) is 0 Å². The van der Waals surface area contributed by atoms with Gasteiger partial charge in [-0.15, -0.1) is 0 Å². The Kier molecular flexibility index (Phi) is 10.5. The maximum Gasteiger partial charge on any atom is -0.0412 e. The van der Waals surface area contributed by atoms with Crippen molar-refractivity contribution in [2.75, 3.05) is 0 Å². The van der Waals surface area contributed by atoms with Crippen molar-refractivity contribution in [1.29, 1.82) is 0 Å². The molecule has 0 heterocycles. The molecule has 0 fully saturated rings. The Morgan fingerprint density at radius 3 is 1.47 bits per heavy atom. The summed E-state index contributed by atoms with van der Waals surface area (Å²) < 4.78 is 0. The summed E-state index contributed by atoms with van der Waals surface area (Å²) in [7, 11) is 0. The maximum absolute atomic E-state index is 4.01. The minimum Gasteiger partial charge on any atom is -0.0654 e. The van der Waals surface area contributed by atoms with Gasteiger partial charge in [0.05, 0.1) is 0 Å². The lowest BCUT2D eigenvalue weighted by Crippen LogP contribution is -2.09. The van der Waals surface area contributed by atoms with Gasteiger partial charge in [0.1, 0.15) is 0 Å². The molecule has 0 rings (SSSR count). The molecule has 91 valence electrons. The normalized spacial score (nSPS) is 11.6. The Labute approximate surface area is 97.8 Å². The van der Waals surface area contributed by atoms with Gasteiger partial charge in [-0.2, -0.15) is 0 Å². The van der Waals surface area contributed by atoms with E-state index in [4.69, 9.17) is 0 Å². The van der Waals surface area contributed by atoms with Crippen LogP contribution in [0.4, 0.5) is 0 Å². The first-order chi connectivity index (χ1) is 7.28. The van der Waals surface area contributed by atoms with E-state index in [2.05, 4.69) is 27.7 Å². The van der Waals surface area contributed by atoms with Crippen LogP contribution in [0.1, 0.15) is 78.6 Å². The Morgan fingerprint density at radius 1 is 0.733 bits per heavy atom. The highest BCUT2D eigenvalue weighted by Crippen LogP contribution is 2.27. The summed E-state index contributed by atoms with van der Waals surface area (Å²) in [6.07, 6.45) is 12.3. The molecule has 0 aliphatic heterocycles. The Hall–Kier alpha value is 0. The molecule has 0 aromatic rings. The van der Waals surface area contributed by atoms with Gasteiger partial charge in [0.25, 0.3) is 0 Å². The van der Waals surface area contributed by atoms with Gasteiger partial charge in [-0.1, -0.05) is 79.1 Å². The molecule has 0 saturated heterocycles. The third kappa shape index (κ3) is 7.88. The summed E-state index contributed by atoms with van der Waals surface area (Å²) in [6, 6.07) is 0. The molecule has 0 aliphatic rings. The molecule has 0 nitrogen and oxygen atoms in total. The molecule has 0 spiro atoms. The fourth-order valence-corrected chi connectivity index (χ4v) is 2.74. The summed E-state index contributed by atoms with van der Waals surface area (Å²) in [5, 5.41) is 0. The molecular formula is C15H31. The summed E-state index contributed by atoms with van der Waals surface area (Å²) >= 11 is 0. The SMILES string of the molecule is [CH2]CCC(CCC)CC(CCC)CCC. The van der Waals surface area contributed by atoms with Crippen LogP contribution in [0.25, 0.3) is 0 Å². The lowest BCUT2D eigenvalue weighted by Gasteiger charge is -2.22. The van der Waals surface area contributed by atoms with Gasteiger partial charge in [0, 0.05) is 0 Å². The molecule has 0 heteroatoms. The monoisotopic (exact) mass is 211 g/mol. The quantitative estimate of drug-likeness (QED) is 0.440. The van der Waals surface area contributed by atoms with Crippen molar-refractivity contribution in [1.82, 2.24) is 0 Å². The average molecular weight is 211 g/mol. The first-order valence-electron chi connectivity index (χ1n) is 7.07. The number of rotatable bonds is 10. The molecular weight excluding hydrogens is 180 g/mol. The van der Waals surface area contributed by atoms with E-state index in [1.54, 1.807) is 0 Å². The fraction of sp³-hybridized carbons (Fsp3) is 0.933. The fourth-order valence-electron chi connectivity index (χ4n) is 2.74. The van der Waals surface area contributed by atoms with Crippen molar-refractivity contribution < 1.29 is 0 Å². The second kappa shape index (κ2) is 10.5. The van der Waals surface area contributed by atoms with Crippen LogP contribution in [0.5, 0.6) is 0 Å². The molecule has 15 heavy (non-hydrogen) atoms. The van der Waals surface area contributed by atoms with Gasteiger partial charge in [0.2, 0.25) is 0 Å². The van der Waals surface area contributed by atoms with E-state index in [1.165, 1.54) is 51.4 Å². The van der Waals surface area contributed by atoms with Gasteiger partial charge in [-0.05, 0) is 18.3 Å². The van der Waals surface area contributed by atoms with Crippen molar-refractivity contribution in [3.05, 3.63) is 6.92 Å². The van der Waals surface area contributed by atoms with Crippen molar-refractivity contribution in [3.63, 3.8) is 0 Å². The standard InChI is InChI=1S/C15H31/c1-5-9-14(10-6-2)13-15(11-7-3)12-8-4/h14-15H,1,5-13H2,2-4H3. The molecule has 0 bridgehead atoms. The zero-order chi connectivity index (χ0) is 11.5. The van der Waals surface area contributed by atoms with E-state index in [1.807, 2.05) is 0 Å². The van der Waals surface area contributed by atoms with Gasteiger partial charge < -0.3 is 0 Å². The van der Waals surface area contributed by atoms with Crippen molar-refractivity contribution in [2.24, 2.45) is 11.8 Å². The van der Waals surface area contributed by atoms with Gasteiger partial charge in [-0.25, -0.2) is 0 Å². The van der Waals surface area contributed by atoms with Gasteiger partial charge >= 0.3 is 0 Å². The lowest BCUT2D eigenvalue weighted by atomic mass is 9.84. The number of hydrogen-bond donors (Lipinski definition) is 0. The molecule has 0 aliphatic carbocycles. The lowest BCUT2D eigenvalue weighted by molar-refractivity contribution is 0.303.